The summed E-state index contributed by atoms with van der Waals surface area (Å²) in [6.07, 6.45) is 2.91. The van der Waals surface area contributed by atoms with E-state index in [0.29, 0.717) is 29.3 Å². The molecule has 0 atom stereocenters. The lowest BCUT2D eigenvalue weighted by atomic mass is 9.93. The van der Waals surface area contributed by atoms with Crippen LogP contribution in [0.3, 0.4) is 0 Å². The Labute approximate surface area is 170 Å². The molecule has 28 heavy (non-hydrogen) atoms. The second kappa shape index (κ2) is 8.82. The zero-order chi connectivity index (χ0) is 20.2. The first-order valence-corrected chi connectivity index (χ1v) is 11.8. The third kappa shape index (κ3) is 5.06. The normalized spacial score (nSPS) is 21.8. The monoisotopic (exact) mass is 406 g/mol. The number of sulfonamides is 1. The van der Waals surface area contributed by atoms with Crippen LogP contribution in [0, 0.1) is 11.3 Å². The van der Waals surface area contributed by atoms with Crippen molar-refractivity contribution in [1.82, 2.24) is 14.5 Å². The van der Waals surface area contributed by atoms with E-state index in [1.54, 1.807) is 28.6 Å². The molecule has 2 aliphatic heterocycles. The summed E-state index contributed by atoms with van der Waals surface area (Å²) in [5, 5.41) is 3.43. The Hall–Kier alpha value is -1.60. The highest BCUT2D eigenvalue weighted by atomic mass is 32.2. The molecule has 7 heteroatoms. The molecule has 1 aromatic carbocycles. The lowest BCUT2D eigenvalue weighted by Gasteiger charge is -2.31. The first-order valence-electron chi connectivity index (χ1n) is 10.4. The van der Waals surface area contributed by atoms with Crippen LogP contribution in [0.2, 0.25) is 0 Å². The zero-order valence-corrected chi connectivity index (χ0v) is 18.2. The van der Waals surface area contributed by atoms with Gasteiger partial charge in [0.15, 0.2) is 5.96 Å². The van der Waals surface area contributed by atoms with Gasteiger partial charge < -0.3 is 10.2 Å². The number of hydrogen-bond donors (Lipinski definition) is 1. The van der Waals surface area contributed by atoms with Crippen LogP contribution in [-0.4, -0.2) is 62.9 Å². The van der Waals surface area contributed by atoms with Gasteiger partial charge in [-0.15, -0.1) is 0 Å². The van der Waals surface area contributed by atoms with Crippen LogP contribution in [0.25, 0.3) is 0 Å². The van der Waals surface area contributed by atoms with Gasteiger partial charge in [-0.25, -0.2) is 8.42 Å². The number of hydrogen-bond acceptors (Lipinski definition) is 3. The van der Waals surface area contributed by atoms with Crippen molar-refractivity contribution < 1.29 is 8.42 Å². The fourth-order valence-electron chi connectivity index (χ4n) is 4.01. The molecule has 6 nitrogen and oxygen atoms in total. The molecule has 2 saturated heterocycles. The number of likely N-dealkylation sites (tertiary alicyclic amines) is 1. The van der Waals surface area contributed by atoms with Gasteiger partial charge in [0.05, 0.1) is 4.90 Å². The number of guanidine groups is 1. The Bertz CT molecular complexity index is 769. The molecule has 0 aliphatic carbocycles. The van der Waals surface area contributed by atoms with E-state index in [0.717, 1.165) is 45.0 Å². The Balaban J connectivity index is 1.56. The van der Waals surface area contributed by atoms with Crippen LogP contribution in [0.15, 0.2) is 40.2 Å². The van der Waals surface area contributed by atoms with Gasteiger partial charge in [-0.2, -0.15) is 4.31 Å². The van der Waals surface area contributed by atoms with Crippen LogP contribution in [0.4, 0.5) is 0 Å². The largest absolute Gasteiger partial charge is 0.357 e. The molecule has 156 valence electrons. The lowest BCUT2D eigenvalue weighted by Crippen LogP contribution is -2.42. The summed E-state index contributed by atoms with van der Waals surface area (Å²) in [6, 6.07) is 8.73. The maximum Gasteiger partial charge on any atom is 0.243 e. The van der Waals surface area contributed by atoms with Crippen LogP contribution in [0.1, 0.15) is 40.0 Å². The molecule has 0 amide bonds. The summed E-state index contributed by atoms with van der Waals surface area (Å²) in [5.41, 5.74) is 0.341. The van der Waals surface area contributed by atoms with Crippen LogP contribution < -0.4 is 5.32 Å². The minimum absolute atomic E-state index is 0.341. The second-order valence-electron chi connectivity index (χ2n) is 8.69. The van der Waals surface area contributed by atoms with Crippen molar-refractivity contribution in [2.45, 2.75) is 44.9 Å². The van der Waals surface area contributed by atoms with Crippen molar-refractivity contribution in [3.05, 3.63) is 30.3 Å². The molecule has 0 aromatic heterocycles. The molecule has 0 bridgehead atoms. The Morgan fingerprint density at radius 1 is 1.18 bits per heavy atom. The van der Waals surface area contributed by atoms with Crippen molar-refractivity contribution >= 4 is 16.0 Å². The second-order valence-corrected chi connectivity index (χ2v) is 10.6. The van der Waals surface area contributed by atoms with Gasteiger partial charge in [-0.05, 0) is 49.7 Å². The van der Waals surface area contributed by atoms with Gasteiger partial charge >= 0.3 is 0 Å². The smallest absolute Gasteiger partial charge is 0.243 e. The van der Waals surface area contributed by atoms with Crippen molar-refractivity contribution in [1.29, 1.82) is 0 Å². The van der Waals surface area contributed by atoms with E-state index in [4.69, 9.17) is 4.99 Å². The average Bonchev–Trinajstić information content (AvgIpc) is 3.06. The van der Waals surface area contributed by atoms with Gasteiger partial charge in [0.25, 0.3) is 0 Å². The standard InChI is InChI=1S/C21H34N4O2S/c1-4-22-20(24-15-12-21(2,3)17-24)23-16-18-10-13-25(14-11-18)28(26,27)19-8-6-5-7-9-19/h5-9,18H,4,10-17H2,1-3H3,(H,22,23). The molecule has 0 radical (unpaired) electrons. The van der Waals surface area contributed by atoms with Gasteiger partial charge in [0, 0.05) is 39.3 Å². The van der Waals surface area contributed by atoms with Gasteiger partial charge in [-0.1, -0.05) is 32.0 Å². The molecule has 3 rings (SSSR count). The van der Waals surface area contributed by atoms with E-state index in [2.05, 4.69) is 31.0 Å². The van der Waals surface area contributed by atoms with E-state index in [9.17, 15) is 8.42 Å². The number of aliphatic imine (C=N–C) groups is 1. The third-order valence-electron chi connectivity index (χ3n) is 5.77. The van der Waals surface area contributed by atoms with E-state index in [1.807, 2.05) is 6.07 Å². The average molecular weight is 407 g/mol. The number of rotatable bonds is 5. The maximum absolute atomic E-state index is 12.8. The molecule has 0 saturated carbocycles. The summed E-state index contributed by atoms with van der Waals surface area (Å²) >= 11 is 0. The van der Waals surface area contributed by atoms with Crippen molar-refractivity contribution in [2.75, 3.05) is 39.3 Å². The summed E-state index contributed by atoms with van der Waals surface area (Å²) in [4.78, 5) is 7.64. The van der Waals surface area contributed by atoms with Crippen LogP contribution in [0.5, 0.6) is 0 Å². The molecule has 1 N–H and O–H groups in total. The summed E-state index contributed by atoms with van der Waals surface area (Å²) in [7, 11) is -3.37. The molecule has 2 heterocycles. The van der Waals surface area contributed by atoms with Gasteiger partial charge in [-0.3, -0.25) is 4.99 Å². The van der Waals surface area contributed by atoms with E-state index in [-0.39, 0.29) is 0 Å². The molecule has 1 aromatic rings. The molecule has 0 spiro atoms. The van der Waals surface area contributed by atoms with Gasteiger partial charge in [0.1, 0.15) is 0 Å². The Morgan fingerprint density at radius 2 is 1.86 bits per heavy atom. The Morgan fingerprint density at radius 3 is 2.43 bits per heavy atom. The summed E-state index contributed by atoms with van der Waals surface area (Å²) in [5.74, 6) is 1.44. The predicted octanol–water partition coefficient (Wildman–Crippen LogP) is 2.78. The zero-order valence-electron chi connectivity index (χ0n) is 17.4. The van der Waals surface area contributed by atoms with E-state index >= 15 is 0 Å². The van der Waals surface area contributed by atoms with Gasteiger partial charge in [0.2, 0.25) is 10.0 Å². The van der Waals surface area contributed by atoms with Crippen molar-refractivity contribution in [3.8, 4) is 0 Å². The van der Waals surface area contributed by atoms with Crippen molar-refractivity contribution in [3.63, 3.8) is 0 Å². The van der Waals surface area contributed by atoms with Crippen LogP contribution in [-0.2, 0) is 10.0 Å². The topological polar surface area (TPSA) is 65.0 Å². The summed E-state index contributed by atoms with van der Waals surface area (Å²) < 4.78 is 27.1. The first kappa shape index (κ1) is 21.1. The number of nitrogens with zero attached hydrogens (tertiary/aromatic N) is 3. The van der Waals surface area contributed by atoms with Crippen molar-refractivity contribution in [2.24, 2.45) is 16.3 Å². The molecule has 2 aliphatic rings. The summed E-state index contributed by atoms with van der Waals surface area (Å²) in [6.45, 7) is 11.6. The number of piperidine rings is 1. The minimum atomic E-state index is -3.37. The first-order chi connectivity index (χ1) is 13.3. The third-order valence-corrected chi connectivity index (χ3v) is 7.68. The van der Waals surface area contributed by atoms with E-state index < -0.39 is 10.0 Å². The highest BCUT2D eigenvalue weighted by Gasteiger charge is 2.32. The molecule has 0 unspecified atom stereocenters. The number of benzene rings is 1. The SMILES string of the molecule is CCNC(=NCC1CCN(S(=O)(=O)c2ccccc2)CC1)N1CCC(C)(C)C1. The molecule has 2 fully saturated rings. The maximum atomic E-state index is 12.8. The molecular formula is C21H34N4O2S. The quantitative estimate of drug-likeness (QED) is 0.603. The Kier molecular flexibility index (Phi) is 6.65. The lowest BCUT2D eigenvalue weighted by molar-refractivity contribution is 0.278. The van der Waals surface area contributed by atoms with E-state index in [1.165, 1.54) is 6.42 Å². The number of nitrogens with one attached hydrogen (secondary N) is 1. The highest BCUT2D eigenvalue weighted by Crippen LogP contribution is 2.29. The predicted molar refractivity (Wildman–Crippen MR) is 114 cm³/mol. The van der Waals surface area contributed by atoms with Crippen LogP contribution >= 0.6 is 0 Å². The minimum Gasteiger partial charge on any atom is -0.357 e. The molecular weight excluding hydrogens is 372 g/mol. The fourth-order valence-corrected chi connectivity index (χ4v) is 5.50. The fraction of sp³-hybridized carbons (Fsp3) is 0.667. The highest BCUT2D eigenvalue weighted by molar-refractivity contribution is 7.89.